The Morgan fingerprint density at radius 3 is 2.39 bits per heavy atom. The molecular weight excluding hydrogens is 452 g/mol. The van der Waals surface area contributed by atoms with E-state index < -0.39 is 0 Å². The summed E-state index contributed by atoms with van der Waals surface area (Å²) in [5, 5.41) is 8.72. The van der Waals surface area contributed by atoms with Gasteiger partial charge in [0.2, 0.25) is 0 Å². The predicted octanol–water partition coefficient (Wildman–Crippen LogP) is 4.18. The first kappa shape index (κ1) is 21.9. The Labute approximate surface area is 208 Å². The molecule has 0 saturated carbocycles. The van der Waals surface area contributed by atoms with Crippen LogP contribution in [0.25, 0.3) is 22.4 Å². The van der Waals surface area contributed by atoms with Gasteiger partial charge in [0.1, 0.15) is 11.3 Å². The van der Waals surface area contributed by atoms with Crippen LogP contribution in [0.1, 0.15) is 33.7 Å². The number of hydrogen-bond acceptors (Lipinski definition) is 3. The number of nitrogens with one attached hydrogen (secondary N) is 2. The molecule has 8 nitrogen and oxygen atoms in total. The Balaban J connectivity index is 1.15. The third kappa shape index (κ3) is 4.07. The molecule has 2 amide bonds. The summed E-state index contributed by atoms with van der Waals surface area (Å²) in [6.45, 7) is 1.18. The number of benzene rings is 2. The van der Waals surface area contributed by atoms with E-state index in [1.54, 1.807) is 10.9 Å². The van der Waals surface area contributed by atoms with Crippen molar-refractivity contribution in [3.05, 3.63) is 103 Å². The van der Waals surface area contributed by atoms with Crippen molar-refractivity contribution in [2.24, 2.45) is 0 Å². The summed E-state index contributed by atoms with van der Waals surface area (Å²) in [6.07, 6.45) is 6.82. The van der Waals surface area contributed by atoms with E-state index in [0.717, 1.165) is 16.6 Å². The van der Waals surface area contributed by atoms with Gasteiger partial charge in [-0.25, -0.2) is 4.68 Å². The number of aromatic amines is 1. The van der Waals surface area contributed by atoms with E-state index in [1.807, 2.05) is 94.7 Å². The zero-order chi connectivity index (χ0) is 24.5. The first-order chi connectivity index (χ1) is 17.7. The van der Waals surface area contributed by atoms with E-state index in [4.69, 9.17) is 0 Å². The number of aromatic nitrogens is 4. The number of likely N-dealkylation sites (tertiary alicyclic amines) is 1. The predicted molar refractivity (Wildman–Crippen MR) is 138 cm³/mol. The average molecular weight is 479 g/mol. The lowest BCUT2D eigenvalue weighted by Crippen LogP contribution is -2.46. The molecule has 1 fully saturated rings. The van der Waals surface area contributed by atoms with Gasteiger partial charge in [0.15, 0.2) is 5.82 Å². The second kappa shape index (κ2) is 9.22. The van der Waals surface area contributed by atoms with E-state index in [0.29, 0.717) is 43.0 Å². The van der Waals surface area contributed by atoms with Crippen LogP contribution in [0.3, 0.4) is 0 Å². The van der Waals surface area contributed by atoms with Crippen molar-refractivity contribution in [2.75, 3.05) is 13.1 Å². The minimum atomic E-state index is -0.165. The maximum absolute atomic E-state index is 13.3. The smallest absolute Gasteiger partial charge is 0.270 e. The molecule has 1 aliphatic rings. The molecule has 0 aliphatic carbocycles. The lowest BCUT2D eigenvalue weighted by molar-refractivity contribution is 0.0693. The van der Waals surface area contributed by atoms with Crippen LogP contribution < -0.4 is 5.32 Å². The Hall–Kier alpha value is -4.59. The van der Waals surface area contributed by atoms with Gasteiger partial charge in [-0.2, -0.15) is 5.10 Å². The highest BCUT2D eigenvalue weighted by molar-refractivity contribution is 5.98. The second-order valence-electron chi connectivity index (χ2n) is 9.03. The van der Waals surface area contributed by atoms with Gasteiger partial charge in [-0.15, -0.1) is 0 Å². The summed E-state index contributed by atoms with van der Waals surface area (Å²) >= 11 is 0. The van der Waals surface area contributed by atoms with Gasteiger partial charge in [0, 0.05) is 42.4 Å². The standard InChI is InChI=1S/C28H26N6O2/c35-26(23-19-29-34(22-9-2-1-3-10-22)27(23)32-14-6-7-15-32)30-21-12-16-33(17-13-21)28(36)25-18-20-8-4-5-11-24(20)31-25/h1-11,14-15,18-19,21,31H,12-13,16-17H2,(H,30,35). The van der Waals surface area contributed by atoms with E-state index >= 15 is 0 Å². The third-order valence-corrected chi connectivity index (χ3v) is 6.72. The lowest BCUT2D eigenvalue weighted by atomic mass is 10.0. The van der Waals surface area contributed by atoms with Crippen LogP contribution in [0.2, 0.25) is 0 Å². The van der Waals surface area contributed by atoms with Crippen LogP contribution in [-0.2, 0) is 0 Å². The van der Waals surface area contributed by atoms with E-state index in [-0.39, 0.29) is 17.9 Å². The molecule has 3 aromatic heterocycles. The molecule has 2 aromatic carbocycles. The van der Waals surface area contributed by atoms with Crippen molar-refractivity contribution in [1.29, 1.82) is 0 Å². The molecule has 5 aromatic rings. The molecule has 180 valence electrons. The van der Waals surface area contributed by atoms with Crippen molar-refractivity contribution in [3.8, 4) is 11.5 Å². The van der Waals surface area contributed by atoms with Crippen LogP contribution in [0.5, 0.6) is 0 Å². The lowest BCUT2D eigenvalue weighted by Gasteiger charge is -2.32. The Morgan fingerprint density at radius 1 is 0.917 bits per heavy atom. The summed E-state index contributed by atoms with van der Waals surface area (Å²) < 4.78 is 3.67. The summed E-state index contributed by atoms with van der Waals surface area (Å²) in [5.41, 5.74) is 2.94. The molecule has 1 aliphatic heterocycles. The molecule has 0 atom stereocenters. The van der Waals surface area contributed by atoms with Gasteiger partial charge < -0.3 is 19.8 Å². The molecule has 1 saturated heterocycles. The molecule has 0 spiro atoms. The topological polar surface area (TPSA) is 88.0 Å². The number of piperidine rings is 1. The number of rotatable bonds is 5. The maximum Gasteiger partial charge on any atom is 0.270 e. The molecule has 36 heavy (non-hydrogen) atoms. The monoisotopic (exact) mass is 478 g/mol. The number of carbonyl (C=O) groups is 2. The Bertz CT molecular complexity index is 1480. The van der Waals surface area contributed by atoms with Crippen molar-refractivity contribution in [1.82, 2.24) is 29.5 Å². The van der Waals surface area contributed by atoms with Crippen molar-refractivity contribution >= 4 is 22.7 Å². The Morgan fingerprint density at radius 2 is 1.64 bits per heavy atom. The van der Waals surface area contributed by atoms with Crippen LogP contribution in [0.15, 0.2) is 91.4 Å². The Kier molecular flexibility index (Phi) is 5.61. The number of nitrogens with zero attached hydrogens (tertiary/aromatic N) is 4. The van der Waals surface area contributed by atoms with Crippen molar-refractivity contribution < 1.29 is 9.59 Å². The summed E-state index contributed by atoms with van der Waals surface area (Å²) in [4.78, 5) is 31.4. The van der Waals surface area contributed by atoms with Crippen LogP contribution >= 0.6 is 0 Å². The summed E-state index contributed by atoms with van der Waals surface area (Å²) in [6, 6.07) is 23.4. The molecule has 0 unspecified atom stereocenters. The number of carbonyl (C=O) groups excluding carboxylic acids is 2. The van der Waals surface area contributed by atoms with Crippen LogP contribution in [0.4, 0.5) is 0 Å². The molecule has 6 rings (SSSR count). The zero-order valence-electron chi connectivity index (χ0n) is 19.7. The number of fused-ring (bicyclic) bond motifs is 1. The molecular formula is C28H26N6O2. The highest BCUT2D eigenvalue weighted by Gasteiger charge is 2.27. The van der Waals surface area contributed by atoms with Gasteiger partial charge in [-0.1, -0.05) is 36.4 Å². The fourth-order valence-electron chi connectivity index (χ4n) is 4.83. The minimum absolute atomic E-state index is 0.00462. The van der Waals surface area contributed by atoms with Crippen molar-refractivity contribution in [3.63, 3.8) is 0 Å². The highest BCUT2D eigenvalue weighted by Crippen LogP contribution is 2.22. The largest absolute Gasteiger partial charge is 0.351 e. The fraction of sp³-hybridized carbons (Fsp3) is 0.179. The third-order valence-electron chi connectivity index (χ3n) is 6.72. The van der Waals surface area contributed by atoms with Gasteiger partial charge in [-0.05, 0) is 49.2 Å². The van der Waals surface area contributed by atoms with Crippen LogP contribution in [0, 0.1) is 0 Å². The normalized spacial score (nSPS) is 14.3. The maximum atomic E-state index is 13.3. The summed E-state index contributed by atoms with van der Waals surface area (Å²) in [5.74, 6) is 0.520. The van der Waals surface area contributed by atoms with E-state index in [2.05, 4.69) is 15.4 Å². The number of hydrogen-bond donors (Lipinski definition) is 2. The summed E-state index contributed by atoms with van der Waals surface area (Å²) in [7, 11) is 0. The van der Waals surface area contributed by atoms with Crippen LogP contribution in [-0.4, -0.2) is 55.2 Å². The molecule has 2 N–H and O–H groups in total. The second-order valence-corrected chi connectivity index (χ2v) is 9.03. The quantitative estimate of drug-likeness (QED) is 0.397. The van der Waals surface area contributed by atoms with Gasteiger partial charge in [-0.3, -0.25) is 9.59 Å². The number of amides is 2. The van der Waals surface area contributed by atoms with Gasteiger partial charge >= 0.3 is 0 Å². The number of para-hydroxylation sites is 2. The molecule has 4 heterocycles. The average Bonchev–Trinajstić information content (AvgIpc) is 3.68. The van der Waals surface area contributed by atoms with Gasteiger partial charge in [0.05, 0.1) is 11.9 Å². The SMILES string of the molecule is O=C(NC1CCN(C(=O)c2cc3ccccc3[nH]2)CC1)c1cnn(-c2ccccc2)c1-n1cccc1. The molecule has 0 radical (unpaired) electrons. The minimum Gasteiger partial charge on any atom is -0.351 e. The highest BCUT2D eigenvalue weighted by atomic mass is 16.2. The number of H-pyrrole nitrogens is 1. The zero-order valence-corrected chi connectivity index (χ0v) is 19.7. The first-order valence-corrected chi connectivity index (χ1v) is 12.1. The van der Waals surface area contributed by atoms with E-state index in [1.165, 1.54) is 0 Å². The van der Waals surface area contributed by atoms with E-state index in [9.17, 15) is 9.59 Å². The fourth-order valence-corrected chi connectivity index (χ4v) is 4.83. The first-order valence-electron chi connectivity index (χ1n) is 12.1. The molecule has 8 heteroatoms. The molecule has 0 bridgehead atoms. The van der Waals surface area contributed by atoms with Crippen molar-refractivity contribution in [2.45, 2.75) is 18.9 Å². The van der Waals surface area contributed by atoms with Gasteiger partial charge in [0.25, 0.3) is 11.8 Å².